The lowest BCUT2D eigenvalue weighted by molar-refractivity contribution is 0.174. The quantitative estimate of drug-likeness (QED) is 0.814. The standard InChI is InChI=1S/C13H13BrN2O3/c1-8-10(6-14)13(16(2)15-8)19-9-3-4-11-12(5-9)18-7-17-11/h3-5H,6-7H2,1-2H3. The van der Waals surface area contributed by atoms with Gasteiger partial charge in [0.1, 0.15) is 5.75 Å². The second-order valence-corrected chi connectivity index (χ2v) is 4.80. The van der Waals surface area contributed by atoms with Gasteiger partial charge in [0, 0.05) is 24.0 Å². The van der Waals surface area contributed by atoms with E-state index in [9.17, 15) is 0 Å². The lowest BCUT2D eigenvalue weighted by Crippen LogP contribution is -1.96. The Kier molecular flexibility index (Phi) is 3.10. The number of aromatic nitrogens is 2. The van der Waals surface area contributed by atoms with Gasteiger partial charge in [0.2, 0.25) is 12.7 Å². The van der Waals surface area contributed by atoms with Gasteiger partial charge in [-0.3, -0.25) is 0 Å². The number of alkyl halides is 1. The van der Waals surface area contributed by atoms with E-state index in [2.05, 4.69) is 21.0 Å². The molecule has 1 aromatic carbocycles. The molecule has 0 saturated heterocycles. The molecule has 2 aromatic rings. The zero-order valence-electron chi connectivity index (χ0n) is 10.6. The Morgan fingerprint density at radius 3 is 2.95 bits per heavy atom. The molecule has 0 N–H and O–H groups in total. The van der Waals surface area contributed by atoms with Gasteiger partial charge in [0.15, 0.2) is 11.5 Å². The molecular formula is C13H13BrN2O3. The molecule has 0 spiro atoms. The minimum atomic E-state index is 0.260. The van der Waals surface area contributed by atoms with Crippen molar-refractivity contribution in [2.24, 2.45) is 7.05 Å². The summed E-state index contributed by atoms with van der Waals surface area (Å²) in [4.78, 5) is 0. The van der Waals surface area contributed by atoms with E-state index >= 15 is 0 Å². The summed E-state index contributed by atoms with van der Waals surface area (Å²) in [6.07, 6.45) is 0. The third-order valence-electron chi connectivity index (χ3n) is 2.98. The van der Waals surface area contributed by atoms with Crippen LogP contribution in [0.15, 0.2) is 18.2 Å². The van der Waals surface area contributed by atoms with Crippen LogP contribution in [0.25, 0.3) is 0 Å². The first-order valence-electron chi connectivity index (χ1n) is 5.85. The fourth-order valence-corrected chi connectivity index (χ4v) is 2.66. The second-order valence-electron chi connectivity index (χ2n) is 4.24. The van der Waals surface area contributed by atoms with Crippen LogP contribution in [-0.4, -0.2) is 16.6 Å². The van der Waals surface area contributed by atoms with Crippen LogP contribution in [0, 0.1) is 6.92 Å². The van der Waals surface area contributed by atoms with Crippen molar-refractivity contribution in [2.75, 3.05) is 6.79 Å². The van der Waals surface area contributed by atoms with Crippen molar-refractivity contribution >= 4 is 15.9 Å². The Morgan fingerprint density at radius 2 is 2.16 bits per heavy atom. The molecule has 6 heteroatoms. The number of hydrogen-bond acceptors (Lipinski definition) is 4. The molecule has 100 valence electrons. The van der Waals surface area contributed by atoms with Gasteiger partial charge >= 0.3 is 0 Å². The van der Waals surface area contributed by atoms with Crippen LogP contribution in [0.4, 0.5) is 0 Å². The number of nitrogens with zero attached hydrogens (tertiary/aromatic N) is 2. The maximum Gasteiger partial charge on any atom is 0.231 e. The molecule has 0 fully saturated rings. The van der Waals surface area contributed by atoms with E-state index in [4.69, 9.17) is 14.2 Å². The van der Waals surface area contributed by atoms with E-state index in [0.717, 1.165) is 22.9 Å². The van der Waals surface area contributed by atoms with Crippen LogP contribution in [0.2, 0.25) is 0 Å². The second kappa shape index (κ2) is 4.77. The molecule has 1 aliphatic rings. The molecule has 1 aliphatic heterocycles. The topological polar surface area (TPSA) is 45.5 Å². The van der Waals surface area contributed by atoms with Crippen molar-refractivity contribution in [3.8, 4) is 23.1 Å². The lowest BCUT2D eigenvalue weighted by Gasteiger charge is -2.08. The minimum Gasteiger partial charge on any atom is -0.454 e. The smallest absolute Gasteiger partial charge is 0.231 e. The average molecular weight is 325 g/mol. The predicted molar refractivity (Wildman–Crippen MR) is 73.2 cm³/mol. The van der Waals surface area contributed by atoms with E-state index in [1.54, 1.807) is 4.68 Å². The first-order chi connectivity index (χ1) is 9.19. The van der Waals surface area contributed by atoms with Crippen molar-refractivity contribution in [3.05, 3.63) is 29.5 Å². The van der Waals surface area contributed by atoms with Gasteiger partial charge < -0.3 is 14.2 Å². The Hall–Kier alpha value is -1.69. The Labute approximate surface area is 119 Å². The summed E-state index contributed by atoms with van der Waals surface area (Å²) in [6.45, 7) is 2.22. The summed E-state index contributed by atoms with van der Waals surface area (Å²) in [6, 6.07) is 5.52. The van der Waals surface area contributed by atoms with E-state index in [1.165, 1.54) is 0 Å². The zero-order valence-corrected chi connectivity index (χ0v) is 12.2. The molecule has 5 nitrogen and oxygen atoms in total. The number of halogens is 1. The maximum absolute atomic E-state index is 5.91. The van der Waals surface area contributed by atoms with Gasteiger partial charge in [-0.25, -0.2) is 4.68 Å². The van der Waals surface area contributed by atoms with Crippen molar-refractivity contribution in [3.63, 3.8) is 0 Å². The highest BCUT2D eigenvalue weighted by molar-refractivity contribution is 9.08. The van der Waals surface area contributed by atoms with Gasteiger partial charge in [-0.05, 0) is 19.1 Å². The third-order valence-corrected chi connectivity index (χ3v) is 3.54. The maximum atomic E-state index is 5.91. The molecule has 3 rings (SSSR count). The fraction of sp³-hybridized carbons (Fsp3) is 0.308. The molecule has 0 bridgehead atoms. The first kappa shape index (κ1) is 12.3. The van der Waals surface area contributed by atoms with E-state index in [-0.39, 0.29) is 6.79 Å². The van der Waals surface area contributed by atoms with Crippen molar-refractivity contribution in [1.29, 1.82) is 0 Å². The Balaban J connectivity index is 1.93. The summed E-state index contributed by atoms with van der Waals surface area (Å²) in [5.74, 6) is 2.88. The molecular weight excluding hydrogens is 312 g/mol. The van der Waals surface area contributed by atoms with Crippen LogP contribution in [0.1, 0.15) is 11.3 Å². The third kappa shape index (κ3) is 2.16. The number of rotatable bonds is 3. The lowest BCUT2D eigenvalue weighted by atomic mass is 10.3. The first-order valence-corrected chi connectivity index (χ1v) is 6.97. The van der Waals surface area contributed by atoms with Gasteiger partial charge in [-0.15, -0.1) is 0 Å². The van der Waals surface area contributed by atoms with Crippen LogP contribution in [0.5, 0.6) is 23.1 Å². The van der Waals surface area contributed by atoms with Crippen LogP contribution >= 0.6 is 15.9 Å². The van der Waals surface area contributed by atoms with Crippen molar-refractivity contribution in [1.82, 2.24) is 9.78 Å². The van der Waals surface area contributed by atoms with Crippen LogP contribution in [-0.2, 0) is 12.4 Å². The number of aryl methyl sites for hydroxylation is 2. The number of hydrogen-bond donors (Lipinski definition) is 0. The van der Waals surface area contributed by atoms with Gasteiger partial charge in [0.05, 0.1) is 5.69 Å². The fourth-order valence-electron chi connectivity index (χ4n) is 2.01. The van der Waals surface area contributed by atoms with Crippen molar-refractivity contribution in [2.45, 2.75) is 12.3 Å². The summed E-state index contributed by atoms with van der Waals surface area (Å²) in [7, 11) is 1.86. The highest BCUT2D eigenvalue weighted by Gasteiger charge is 2.17. The van der Waals surface area contributed by atoms with E-state index in [0.29, 0.717) is 16.8 Å². The average Bonchev–Trinajstić information content (AvgIpc) is 2.94. The highest BCUT2D eigenvalue weighted by atomic mass is 79.9. The van der Waals surface area contributed by atoms with E-state index < -0.39 is 0 Å². The number of ether oxygens (including phenoxy) is 3. The minimum absolute atomic E-state index is 0.260. The Morgan fingerprint density at radius 1 is 1.37 bits per heavy atom. The number of benzene rings is 1. The molecule has 0 amide bonds. The summed E-state index contributed by atoms with van der Waals surface area (Å²) >= 11 is 3.46. The van der Waals surface area contributed by atoms with Gasteiger partial charge in [0.25, 0.3) is 0 Å². The van der Waals surface area contributed by atoms with Crippen molar-refractivity contribution < 1.29 is 14.2 Å². The molecule has 0 saturated carbocycles. The zero-order chi connectivity index (χ0) is 13.4. The molecule has 1 aromatic heterocycles. The molecule has 2 heterocycles. The highest BCUT2D eigenvalue weighted by Crippen LogP contribution is 2.37. The molecule has 19 heavy (non-hydrogen) atoms. The molecule has 0 atom stereocenters. The largest absolute Gasteiger partial charge is 0.454 e. The normalized spacial score (nSPS) is 12.8. The van der Waals surface area contributed by atoms with Crippen LogP contribution in [0.3, 0.4) is 0 Å². The summed E-state index contributed by atoms with van der Waals surface area (Å²) in [5.41, 5.74) is 2.00. The summed E-state index contributed by atoms with van der Waals surface area (Å²) < 4.78 is 18.3. The van der Waals surface area contributed by atoms with E-state index in [1.807, 2.05) is 32.2 Å². The van der Waals surface area contributed by atoms with Gasteiger partial charge in [-0.2, -0.15) is 5.10 Å². The monoisotopic (exact) mass is 324 g/mol. The summed E-state index contributed by atoms with van der Waals surface area (Å²) in [5, 5.41) is 5.06. The Bertz CT molecular complexity index is 625. The predicted octanol–water partition coefficient (Wildman–Crippen LogP) is 3.14. The molecule has 0 unspecified atom stereocenters. The molecule has 0 radical (unpaired) electrons. The SMILES string of the molecule is Cc1nn(C)c(Oc2ccc3c(c2)OCO3)c1CBr. The number of fused-ring (bicyclic) bond motifs is 1. The van der Waals surface area contributed by atoms with Crippen LogP contribution < -0.4 is 14.2 Å². The molecule has 0 aliphatic carbocycles. The van der Waals surface area contributed by atoms with Gasteiger partial charge in [-0.1, -0.05) is 15.9 Å².